The fourth-order valence-electron chi connectivity index (χ4n) is 7.57. The minimum Gasteiger partial charge on any atom is -0.411 e. The zero-order chi connectivity index (χ0) is 17.9. The number of allylic oxidation sites excluding steroid dienone is 2. The highest BCUT2D eigenvalue weighted by Crippen LogP contribution is 2.67. The van der Waals surface area contributed by atoms with E-state index in [0.29, 0.717) is 16.9 Å². The molecule has 1 aromatic heterocycles. The Hall–Kier alpha value is -1.58. The van der Waals surface area contributed by atoms with Crippen molar-refractivity contribution in [1.29, 1.82) is 0 Å². The lowest BCUT2D eigenvalue weighted by molar-refractivity contribution is -0.0466. The highest BCUT2D eigenvalue weighted by atomic mass is 16.4. The van der Waals surface area contributed by atoms with Gasteiger partial charge in [-0.1, -0.05) is 24.6 Å². The number of hydrogen-bond donors (Lipinski definition) is 1. The summed E-state index contributed by atoms with van der Waals surface area (Å²) in [6, 6.07) is 0.625. The second-order valence-corrected chi connectivity index (χ2v) is 9.74. The van der Waals surface area contributed by atoms with E-state index in [1.165, 1.54) is 38.5 Å². The molecule has 1 N–H and O–H groups in total. The molecule has 4 nitrogen and oxygen atoms in total. The highest BCUT2D eigenvalue weighted by molar-refractivity contribution is 5.96. The predicted molar refractivity (Wildman–Crippen MR) is 102 cm³/mol. The van der Waals surface area contributed by atoms with E-state index in [1.807, 2.05) is 12.5 Å². The fraction of sp³-hybridized carbons (Fsp3) is 0.727. The van der Waals surface area contributed by atoms with E-state index in [4.69, 9.17) is 0 Å². The molecule has 26 heavy (non-hydrogen) atoms. The fourth-order valence-corrected chi connectivity index (χ4v) is 7.57. The Balaban J connectivity index is 1.47. The first kappa shape index (κ1) is 16.6. The Bertz CT molecular complexity index is 751. The summed E-state index contributed by atoms with van der Waals surface area (Å²) < 4.78 is 2.39. The van der Waals surface area contributed by atoms with E-state index in [-0.39, 0.29) is 0 Å². The second kappa shape index (κ2) is 5.71. The zero-order valence-electron chi connectivity index (χ0n) is 16.1. The van der Waals surface area contributed by atoms with Crippen LogP contribution in [-0.2, 0) is 0 Å². The van der Waals surface area contributed by atoms with Crippen LogP contribution in [0.25, 0.3) is 0 Å². The Kier molecular flexibility index (Phi) is 3.64. The van der Waals surface area contributed by atoms with Crippen molar-refractivity contribution in [2.45, 2.75) is 71.3 Å². The topological polar surface area (TPSA) is 50.4 Å². The number of rotatable bonds is 1. The standard InChI is InChI=1S/C22H31N3O/c1-21-9-7-16(24-26)13-15(21)3-4-17-18-5-6-20(25-12-11-23-14-25)22(18,2)10-8-19(17)21/h11-14,17-20,26H,3-10H2,1-2H3. The number of aromatic nitrogens is 2. The maximum atomic E-state index is 9.21. The molecular weight excluding hydrogens is 322 g/mol. The molecule has 6 unspecified atom stereocenters. The summed E-state index contributed by atoms with van der Waals surface area (Å²) in [5, 5.41) is 12.7. The summed E-state index contributed by atoms with van der Waals surface area (Å²) >= 11 is 0. The van der Waals surface area contributed by atoms with Gasteiger partial charge in [-0.25, -0.2) is 4.98 Å². The third-order valence-electron chi connectivity index (χ3n) is 8.94. The van der Waals surface area contributed by atoms with E-state index < -0.39 is 0 Å². The summed E-state index contributed by atoms with van der Waals surface area (Å²) in [5.74, 6) is 2.51. The van der Waals surface area contributed by atoms with Crippen molar-refractivity contribution < 1.29 is 5.21 Å². The van der Waals surface area contributed by atoms with Crippen molar-refractivity contribution in [2.75, 3.05) is 0 Å². The SMILES string of the molecule is CC12CCC(=NO)C=C1CCC1C2CCC2(C)C1CCC2n1ccnc1. The van der Waals surface area contributed by atoms with Crippen LogP contribution in [0.5, 0.6) is 0 Å². The van der Waals surface area contributed by atoms with Crippen LogP contribution in [0.3, 0.4) is 0 Å². The quantitative estimate of drug-likeness (QED) is 0.556. The first-order valence-electron chi connectivity index (χ1n) is 10.5. The monoisotopic (exact) mass is 353 g/mol. The lowest BCUT2D eigenvalue weighted by Gasteiger charge is -2.58. The van der Waals surface area contributed by atoms with Gasteiger partial charge in [-0.15, -0.1) is 0 Å². The van der Waals surface area contributed by atoms with Crippen molar-refractivity contribution in [3.8, 4) is 0 Å². The first-order chi connectivity index (χ1) is 12.6. The molecule has 6 atom stereocenters. The Morgan fingerprint density at radius 3 is 2.77 bits per heavy atom. The van der Waals surface area contributed by atoms with Crippen molar-refractivity contribution >= 4 is 5.71 Å². The van der Waals surface area contributed by atoms with Crippen LogP contribution in [0.2, 0.25) is 0 Å². The average Bonchev–Trinajstić information content (AvgIpc) is 3.27. The Morgan fingerprint density at radius 1 is 1.12 bits per heavy atom. The summed E-state index contributed by atoms with van der Waals surface area (Å²) in [7, 11) is 0. The smallest absolute Gasteiger partial charge is 0.0948 e. The number of fused-ring (bicyclic) bond motifs is 5. The van der Waals surface area contributed by atoms with Gasteiger partial charge in [0.05, 0.1) is 12.0 Å². The molecule has 5 rings (SSSR count). The Morgan fingerprint density at radius 2 is 2.00 bits per heavy atom. The third kappa shape index (κ3) is 2.13. The van der Waals surface area contributed by atoms with Crippen LogP contribution in [0, 0.1) is 28.6 Å². The molecule has 3 saturated carbocycles. The van der Waals surface area contributed by atoms with Gasteiger partial charge in [0.2, 0.25) is 0 Å². The first-order valence-corrected chi connectivity index (χ1v) is 10.5. The van der Waals surface area contributed by atoms with E-state index >= 15 is 0 Å². The van der Waals surface area contributed by atoms with Gasteiger partial charge in [0.1, 0.15) is 0 Å². The normalized spacial score (nSPS) is 46.4. The molecule has 4 heteroatoms. The van der Waals surface area contributed by atoms with E-state index in [2.05, 4.69) is 40.8 Å². The molecule has 0 spiro atoms. The number of hydrogen-bond acceptors (Lipinski definition) is 3. The lowest BCUT2D eigenvalue weighted by Crippen LogP contribution is -2.50. The van der Waals surface area contributed by atoms with Gasteiger partial charge in [-0.3, -0.25) is 0 Å². The van der Waals surface area contributed by atoms with Crippen molar-refractivity contribution in [3.63, 3.8) is 0 Å². The average molecular weight is 354 g/mol. The predicted octanol–water partition coefficient (Wildman–Crippen LogP) is 5.22. The minimum absolute atomic E-state index is 0.325. The van der Waals surface area contributed by atoms with Gasteiger partial charge in [0.15, 0.2) is 0 Å². The summed E-state index contributed by atoms with van der Waals surface area (Å²) in [5.41, 5.74) is 3.19. The molecule has 0 radical (unpaired) electrons. The molecule has 0 saturated heterocycles. The molecule has 0 aromatic carbocycles. The molecule has 1 heterocycles. The van der Waals surface area contributed by atoms with Crippen LogP contribution in [0.15, 0.2) is 35.5 Å². The molecule has 4 aliphatic rings. The largest absolute Gasteiger partial charge is 0.411 e. The van der Waals surface area contributed by atoms with E-state index in [9.17, 15) is 5.21 Å². The molecule has 3 fully saturated rings. The molecule has 0 aliphatic heterocycles. The Labute approximate surface area is 156 Å². The number of oxime groups is 1. The van der Waals surface area contributed by atoms with Crippen LogP contribution in [-0.4, -0.2) is 20.5 Å². The van der Waals surface area contributed by atoms with Gasteiger partial charge in [0.25, 0.3) is 0 Å². The molecule has 140 valence electrons. The van der Waals surface area contributed by atoms with Crippen LogP contribution < -0.4 is 0 Å². The number of imidazole rings is 1. The van der Waals surface area contributed by atoms with Gasteiger partial charge < -0.3 is 9.77 Å². The minimum atomic E-state index is 0.325. The summed E-state index contributed by atoms with van der Waals surface area (Å²) in [4.78, 5) is 4.32. The van der Waals surface area contributed by atoms with Crippen molar-refractivity contribution in [3.05, 3.63) is 30.4 Å². The molecule has 4 aliphatic carbocycles. The van der Waals surface area contributed by atoms with Crippen LogP contribution >= 0.6 is 0 Å². The van der Waals surface area contributed by atoms with Gasteiger partial charge in [-0.05, 0) is 86.0 Å². The van der Waals surface area contributed by atoms with Crippen molar-refractivity contribution in [1.82, 2.24) is 9.55 Å². The van der Waals surface area contributed by atoms with E-state index in [0.717, 1.165) is 36.3 Å². The zero-order valence-corrected chi connectivity index (χ0v) is 16.1. The third-order valence-corrected chi connectivity index (χ3v) is 8.94. The maximum Gasteiger partial charge on any atom is 0.0948 e. The number of nitrogens with zero attached hydrogens (tertiary/aromatic N) is 3. The summed E-state index contributed by atoms with van der Waals surface area (Å²) in [6.07, 6.45) is 18.3. The highest BCUT2D eigenvalue weighted by Gasteiger charge is 2.59. The van der Waals surface area contributed by atoms with Crippen molar-refractivity contribution in [2.24, 2.45) is 33.7 Å². The maximum absolute atomic E-state index is 9.21. The second-order valence-electron chi connectivity index (χ2n) is 9.74. The lowest BCUT2D eigenvalue weighted by atomic mass is 9.47. The van der Waals surface area contributed by atoms with Crippen LogP contribution in [0.1, 0.15) is 71.3 Å². The molecule has 1 aromatic rings. The molecule has 0 bridgehead atoms. The van der Waals surface area contributed by atoms with Gasteiger partial charge >= 0.3 is 0 Å². The van der Waals surface area contributed by atoms with E-state index in [1.54, 1.807) is 5.57 Å². The molecular formula is C22H31N3O. The van der Waals surface area contributed by atoms with Gasteiger partial charge in [-0.2, -0.15) is 0 Å². The summed E-state index contributed by atoms with van der Waals surface area (Å²) in [6.45, 7) is 5.07. The van der Waals surface area contributed by atoms with Crippen LogP contribution in [0.4, 0.5) is 0 Å². The van der Waals surface area contributed by atoms with Gasteiger partial charge in [0, 0.05) is 18.4 Å². The molecule has 0 amide bonds.